The SMILES string of the molecule is COc1cc(C(O)C(CO)C(CO)C(O)c2ccc(OCc3ccccc3)c(OC)c2)ccc1OCc1ccccc1. The molecule has 42 heavy (non-hydrogen) atoms. The molecular formula is C34H38O8. The summed E-state index contributed by atoms with van der Waals surface area (Å²) in [7, 11) is 3.01. The van der Waals surface area contributed by atoms with Crippen LogP contribution in [0.3, 0.4) is 0 Å². The van der Waals surface area contributed by atoms with Crippen LogP contribution in [0.4, 0.5) is 0 Å². The normalized spacial score (nSPS) is 14.0. The third kappa shape index (κ3) is 7.60. The van der Waals surface area contributed by atoms with E-state index in [1.807, 2.05) is 60.7 Å². The lowest BCUT2D eigenvalue weighted by Crippen LogP contribution is -2.32. The highest BCUT2D eigenvalue weighted by Gasteiger charge is 2.35. The van der Waals surface area contributed by atoms with E-state index in [1.54, 1.807) is 36.4 Å². The van der Waals surface area contributed by atoms with Crippen molar-refractivity contribution in [3.8, 4) is 23.0 Å². The average molecular weight is 575 g/mol. The molecule has 4 rings (SSSR count). The number of ether oxygens (including phenoxy) is 4. The zero-order valence-electron chi connectivity index (χ0n) is 23.8. The molecule has 0 aliphatic carbocycles. The van der Waals surface area contributed by atoms with Crippen LogP contribution in [0.1, 0.15) is 34.5 Å². The van der Waals surface area contributed by atoms with E-state index in [0.717, 1.165) is 11.1 Å². The minimum atomic E-state index is -1.21. The highest BCUT2D eigenvalue weighted by atomic mass is 16.5. The minimum Gasteiger partial charge on any atom is -0.493 e. The van der Waals surface area contributed by atoms with Crippen LogP contribution in [0.2, 0.25) is 0 Å². The first-order valence-electron chi connectivity index (χ1n) is 13.8. The summed E-state index contributed by atoms with van der Waals surface area (Å²) in [5.41, 5.74) is 2.89. The Bertz CT molecular complexity index is 1270. The highest BCUT2D eigenvalue weighted by molar-refractivity contribution is 5.45. The lowest BCUT2D eigenvalue weighted by Gasteiger charge is -2.32. The Morgan fingerprint density at radius 1 is 0.524 bits per heavy atom. The zero-order valence-corrected chi connectivity index (χ0v) is 23.8. The molecule has 4 aromatic rings. The largest absolute Gasteiger partial charge is 0.493 e. The average Bonchev–Trinajstić information content (AvgIpc) is 3.05. The predicted octanol–water partition coefficient (Wildman–Crippen LogP) is 4.85. The monoisotopic (exact) mass is 574 g/mol. The standard InChI is InChI=1S/C34H38O8/c1-39-31-17-25(13-15-29(31)41-21-23-9-5-3-6-10-23)33(37)27(19-35)28(20-36)34(38)26-14-16-30(32(18-26)40-2)42-22-24-11-7-4-8-12-24/h3-18,27-28,33-38H,19-22H2,1-2H3. The number of rotatable bonds is 15. The van der Waals surface area contributed by atoms with Gasteiger partial charge in [0.05, 0.1) is 26.4 Å². The number of benzene rings is 4. The summed E-state index contributed by atoms with van der Waals surface area (Å²) in [4.78, 5) is 0. The second kappa shape index (κ2) is 15.2. The van der Waals surface area contributed by atoms with E-state index >= 15 is 0 Å². The van der Waals surface area contributed by atoms with Crippen LogP contribution in [-0.4, -0.2) is 47.9 Å². The van der Waals surface area contributed by atoms with Gasteiger partial charge in [-0.1, -0.05) is 72.8 Å². The lowest BCUT2D eigenvalue weighted by molar-refractivity contribution is -0.0425. The molecule has 4 N–H and O–H groups in total. The highest BCUT2D eigenvalue weighted by Crippen LogP contribution is 2.40. The predicted molar refractivity (Wildman–Crippen MR) is 159 cm³/mol. The second-order valence-corrected chi connectivity index (χ2v) is 9.95. The number of aliphatic hydroxyl groups is 4. The van der Waals surface area contributed by atoms with Gasteiger partial charge in [0.1, 0.15) is 13.2 Å². The van der Waals surface area contributed by atoms with Crippen molar-refractivity contribution < 1.29 is 39.4 Å². The van der Waals surface area contributed by atoms with Crippen LogP contribution in [0, 0.1) is 11.8 Å². The van der Waals surface area contributed by atoms with Crippen molar-refractivity contribution in [3.63, 3.8) is 0 Å². The lowest BCUT2D eigenvalue weighted by atomic mass is 9.80. The van der Waals surface area contributed by atoms with E-state index in [9.17, 15) is 20.4 Å². The van der Waals surface area contributed by atoms with Gasteiger partial charge in [0, 0.05) is 25.0 Å². The van der Waals surface area contributed by atoms with E-state index in [2.05, 4.69) is 0 Å². The third-order valence-corrected chi connectivity index (χ3v) is 7.32. The minimum absolute atomic E-state index is 0.344. The topological polar surface area (TPSA) is 118 Å². The molecule has 222 valence electrons. The van der Waals surface area contributed by atoms with Crippen LogP contribution in [0.5, 0.6) is 23.0 Å². The summed E-state index contributed by atoms with van der Waals surface area (Å²) in [6.45, 7) is -0.270. The summed E-state index contributed by atoms with van der Waals surface area (Å²) in [5.74, 6) is 0.0281. The quantitative estimate of drug-likeness (QED) is 0.159. The smallest absolute Gasteiger partial charge is 0.161 e. The molecule has 0 bridgehead atoms. The summed E-state index contributed by atoms with van der Waals surface area (Å²) < 4.78 is 22.8. The van der Waals surface area contributed by atoms with Gasteiger partial charge in [0.2, 0.25) is 0 Å². The van der Waals surface area contributed by atoms with E-state index in [1.165, 1.54) is 14.2 Å². The molecule has 0 aliphatic rings. The fourth-order valence-corrected chi connectivity index (χ4v) is 4.88. The van der Waals surface area contributed by atoms with Crippen molar-refractivity contribution in [2.45, 2.75) is 25.4 Å². The van der Waals surface area contributed by atoms with Gasteiger partial charge in [-0.2, -0.15) is 0 Å². The molecule has 0 spiro atoms. The number of methoxy groups -OCH3 is 2. The molecule has 0 fully saturated rings. The van der Waals surface area contributed by atoms with Gasteiger partial charge in [-0.25, -0.2) is 0 Å². The molecule has 4 unspecified atom stereocenters. The van der Waals surface area contributed by atoms with Crippen molar-refractivity contribution >= 4 is 0 Å². The summed E-state index contributed by atoms with van der Waals surface area (Å²) in [5, 5.41) is 43.2. The van der Waals surface area contributed by atoms with Crippen LogP contribution in [-0.2, 0) is 13.2 Å². The molecule has 0 aromatic heterocycles. The number of aliphatic hydroxyl groups excluding tert-OH is 4. The second-order valence-electron chi connectivity index (χ2n) is 9.95. The van der Waals surface area contributed by atoms with Gasteiger partial charge in [-0.05, 0) is 46.5 Å². The van der Waals surface area contributed by atoms with Crippen molar-refractivity contribution in [3.05, 3.63) is 119 Å². The maximum atomic E-state index is 11.3. The van der Waals surface area contributed by atoms with Crippen molar-refractivity contribution in [2.75, 3.05) is 27.4 Å². The van der Waals surface area contributed by atoms with Gasteiger partial charge in [-0.15, -0.1) is 0 Å². The first-order chi connectivity index (χ1) is 20.5. The Kier molecular flexibility index (Phi) is 11.2. The number of hydrogen-bond acceptors (Lipinski definition) is 8. The van der Waals surface area contributed by atoms with Gasteiger partial charge < -0.3 is 39.4 Å². The fraction of sp³-hybridized carbons (Fsp3) is 0.294. The van der Waals surface area contributed by atoms with Crippen molar-refractivity contribution in [1.29, 1.82) is 0 Å². The van der Waals surface area contributed by atoms with Gasteiger partial charge in [0.15, 0.2) is 23.0 Å². The van der Waals surface area contributed by atoms with E-state index < -0.39 is 37.3 Å². The Hall–Kier alpha value is -4.08. The van der Waals surface area contributed by atoms with Crippen LogP contribution < -0.4 is 18.9 Å². The van der Waals surface area contributed by atoms with Crippen LogP contribution >= 0.6 is 0 Å². The molecule has 0 radical (unpaired) electrons. The molecule has 8 nitrogen and oxygen atoms in total. The molecule has 0 amide bonds. The third-order valence-electron chi connectivity index (χ3n) is 7.32. The van der Waals surface area contributed by atoms with Crippen LogP contribution in [0.15, 0.2) is 97.1 Å². The molecule has 0 saturated carbocycles. The van der Waals surface area contributed by atoms with Gasteiger partial charge in [-0.3, -0.25) is 0 Å². The molecule has 4 atom stereocenters. The molecule has 0 aliphatic heterocycles. The van der Waals surface area contributed by atoms with Gasteiger partial charge in [0.25, 0.3) is 0 Å². The number of hydrogen-bond donors (Lipinski definition) is 4. The van der Waals surface area contributed by atoms with E-state index in [4.69, 9.17) is 18.9 Å². The van der Waals surface area contributed by atoms with Crippen molar-refractivity contribution in [1.82, 2.24) is 0 Å². The first kappa shape index (κ1) is 30.9. The maximum absolute atomic E-state index is 11.3. The Morgan fingerprint density at radius 3 is 1.24 bits per heavy atom. The Morgan fingerprint density at radius 2 is 0.905 bits per heavy atom. The summed E-state index contributed by atoms with van der Waals surface area (Å²) in [6.07, 6.45) is -2.43. The molecule has 0 saturated heterocycles. The van der Waals surface area contributed by atoms with Crippen LogP contribution in [0.25, 0.3) is 0 Å². The van der Waals surface area contributed by atoms with E-state index in [0.29, 0.717) is 47.3 Å². The van der Waals surface area contributed by atoms with Gasteiger partial charge >= 0.3 is 0 Å². The molecular weight excluding hydrogens is 536 g/mol. The summed E-state index contributed by atoms with van der Waals surface area (Å²) in [6, 6.07) is 29.4. The summed E-state index contributed by atoms with van der Waals surface area (Å²) >= 11 is 0. The zero-order chi connectivity index (χ0) is 29.9. The Labute approximate surface area is 246 Å². The maximum Gasteiger partial charge on any atom is 0.161 e. The first-order valence-corrected chi connectivity index (χ1v) is 13.8. The Balaban J connectivity index is 1.49. The van der Waals surface area contributed by atoms with E-state index in [-0.39, 0.29) is 0 Å². The van der Waals surface area contributed by atoms with Crippen molar-refractivity contribution in [2.24, 2.45) is 11.8 Å². The molecule has 0 heterocycles. The fourth-order valence-electron chi connectivity index (χ4n) is 4.88. The molecule has 8 heteroatoms. The molecule has 4 aromatic carbocycles.